The van der Waals surface area contributed by atoms with Crippen LogP contribution in [0.25, 0.3) is 0 Å². The summed E-state index contributed by atoms with van der Waals surface area (Å²) in [6.07, 6.45) is 3.07. The number of hydrogen-bond donors (Lipinski definition) is 3. The molecule has 0 bridgehead atoms. The van der Waals surface area contributed by atoms with Gasteiger partial charge in [0, 0.05) is 6.42 Å². The van der Waals surface area contributed by atoms with Crippen molar-refractivity contribution in [2.75, 3.05) is 0 Å². The molecule has 6 heteroatoms. The van der Waals surface area contributed by atoms with E-state index in [-0.39, 0.29) is 0 Å². The molecule has 0 aliphatic heterocycles. The first-order valence-corrected chi connectivity index (χ1v) is 4.44. The molecule has 1 aliphatic rings. The first-order chi connectivity index (χ1) is 7.37. The average molecular weight is 226 g/mol. The number of ketones is 1. The number of carboxylic acid groups (broad SMARTS) is 2. The number of hydrogen-bond acceptors (Lipinski definition) is 4. The lowest BCUT2D eigenvalue weighted by molar-refractivity contribution is -0.152. The molecule has 0 spiro atoms. The van der Waals surface area contributed by atoms with Crippen LogP contribution in [0.5, 0.6) is 0 Å². The summed E-state index contributed by atoms with van der Waals surface area (Å²) in [7, 11) is 0. The quantitative estimate of drug-likeness (QED) is 0.443. The minimum atomic E-state index is -1.67. The maximum atomic E-state index is 11.0. The standard InChI is InChI=1S/C10H10O6/c11-6-1-3-10(4-2-6,9(15)16)5-7(12)8(13)14/h1-4,6,11H,5H2,(H,13,14)(H,15,16)/t6-,10+. The molecule has 0 heterocycles. The van der Waals surface area contributed by atoms with Crippen LogP contribution in [0.4, 0.5) is 0 Å². The van der Waals surface area contributed by atoms with Gasteiger partial charge < -0.3 is 15.3 Å². The lowest BCUT2D eigenvalue weighted by Gasteiger charge is -2.24. The van der Waals surface area contributed by atoms with E-state index in [1.54, 1.807) is 0 Å². The van der Waals surface area contributed by atoms with Crippen LogP contribution >= 0.6 is 0 Å². The Labute approximate surface area is 90.5 Å². The number of carbonyl (C=O) groups is 3. The third-order valence-corrected chi connectivity index (χ3v) is 2.27. The van der Waals surface area contributed by atoms with Gasteiger partial charge in [-0.05, 0) is 0 Å². The van der Waals surface area contributed by atoms with Gasteiger partial charge in [0.2, 0.25) is 5.78 Å². The molecule has 0 saturated carbocycles. The van der Waals surface area contributed by atoms with Gasteiger partial charge in [-0.25, -0.2) is 4.79 Å². The summed E-state index contributed by atoms with van der Waals surface area (Å²) in [5.41, 5.74) is -1.67. The molecule has 1 rings (SSSR count). The maximum absolute atomic E-state index is 11.0. The topological polar surface area (TPSA) is 112 Å². The molecule has 6 nitrogen and oxygen atoms in total. The van der Waals surface area contributed by atoms with E-state index in [0.717, 1.165) is 12.2 Å². The lowest BCUT2D eigenvalue weighted by Crippen LogP contribution is -2.34. The van der Waals surface area contributed by atoms with Crippen LogP contribution in [0, 0.1) is 5.41 Å². The van der Waals surface area contributed by atoms with Gasteiger partial charge in [0.15, 0.2) is 0 Å². The Balaban J connectivity index is 2.96. The van der Waals surface area contributed by atoms with E-state index in [4.69, 9.17) is 15.3 Å². The van der Waals surface area contributed by atoms with E-state index < -0.39 is 35.7 Å². The van der Waals surface area contributed by atoms with Crippen LogP contribution < -0.4 is 0 Å². The molecule has 0 fully saturated rings. The number of aliphatic hydroxyl groups excluding tert-OH is 1. The summed E-state index contributed by atoms with van der Waals surface area (Å²) in [4.78, 5) is 32.4. The maximum Gasteiger partial charge on any atom is 0.372 e. The van der Waals surface area contributed by atoms with Crippen molar-refractivity contribution in [2.45, 2.75) is 12.5 Å². The molecule has 0 amide bonds. The highest BCUT2D eigenvalue weighted by Gasteiger charge is 2.38. The van der Waals surface area contributed by atoms with Crippen molar-refractivity contribution in [1.82, 2.24) is 0 Å². The zero-order chi connectivity index (χ0) is 12.3. The normalized spacial score (nSPS) is 27.7. The number of carboxylic acids is 2. The average Bonchev–Trinajstić information content (AvgIpc) is 2.21. The molecule has 0 unspecified atom stereocenters. The first kappa shape index (κ1) is 12.1. The van der Waals surface area contributed by atoms with E-state index in [1.807, 2.05) is 0 Å². The summed E-state index contributed by atoms with van der Waals surface area (Å²) >= 11 is 0. The van der Waals surface area contributed by atoms with Gasteiger partial charge in [0.25, 0.3) is 0 Å². The predicted octanol–water partition coefficient (Wildman–Crippen LogP) is -0.412. The number of aliphatic hydroxyl groups is 1. The van der Waals surface area contributed by atoms with Gasteiger partial charge in [-0.15, -0.1) is 0 Å². The molecule has 0 aromatic rings. The Morgan fingerprint density at radius 3 is 2.00 bits per heavy atom. The molecule has 3 N–H and O–H groups in total. The van der Waals surface area contributed by atoms with E-state index in [0.29, 0.717) is 0 Å². The summed E-state index contributed by atoms with van der Waals surface area (Å²) in [5, 5.41) is 26.5. The summed E-state index contributed by atoms with van der Waals surface area (Å²) in [6, 6.07) is 0. The number of Topliss-reactive ketones (excluding diaryl/α,β-unsaturated/α-hetero) is 1. The molecule has 0 atom stereocenters. The smallest absolute Gasteiger partial charge is 0.372 e. The summed E-state index contributed by atoms with van der Waals surface area (Å²) < 4.78 is 0. The summed E-state index contributed by atoms with van der Waals surface area (Å²) in [6.45, 7) is 0. The van der Waals surface area contributed by atoms with Gasteiger partial charge in [-0.2, -0.15) is 0 Å². The third kappa shape index (κ3) is 2.34. The zero-order valence-electron chi connectivity index (χ0n) is 8.16. The minimum absolute atomic E-state index is 0.669. The fraction of sp³-hybridized carbons (Fsp3) is 0.300. The van der Waals surface area contributed by atoms with Crippen LogP contribution in [0.15, 0.2) is 24.3 Å². The van der Waals surface area contributed by atoms with Crippen molar-refractivity contribution in [1.29, 1.82) is 0 Å². The first-order valence-electron chi connectivity index (χ1n) is 4.44. The Kier molecular flexibility index (Phi) is 3.24. The molecule has 0 radical (unpaired) electrons. The Morgan fingerprint density at radius 1 is 1.12 bits per heavy atom. The largest absolute Gasteiger partial charge is 0.480 e. The van der Waals surface area contributed by atoms with Crippen LogP contribution in [0.1, 0.15) is 6.42 Å². The molecular weight excluding hydrogens is 216 g/mol. The van der Waals surface area contributed by atoms with Crippen LogP contribution in [0.3, 0.4) is 0 Å². The highest BCUT2D eigenvalue weighted by Crippen LogP contribution is 2.30. The minimum Gasteiger partial charge on any atom is -0.480 e. The number of carbonyl (C=O) groups excluding carboxylic acids is 1. The molecule has 86 valence electrons. The second-order valence-electron chi connectivity index (χ2n) is 3.46. The third-order valence-electron chi connectivity index (χ3n) is 2.27. The second-order valence-corrected chi connectivity index (χ2v) is 3.46. The van der Waals surface area contributed by atoms with Gasteiger partial charge in [0.1, 0.15) is 5.41 Å². The van der Waals surface area contributed by atoms with E-state index in [9.17, 15) is 14.4 Å². The van der Waals surface area contributed by atoms with E-state index >= 15 is 0 Å². The van der Waals surface area contributed by atoms with Crippen molar-refractivity contribution in [3.63, 3.8) is 0 Å². The van der Waals surface area contributed by atoms with Crippen LogP contribution in [-0.2, 0) is 14.4 Å². The highest BCUT2D eigenvalue weighted by atomic mass is 16.4. The van der Waals surface area contributed by atoms with E-state index in [2.05, 4.69) is 0 Å². The van der Waals surface area contributed by atoms with Crippen molar-refractivity contribution >= 4 is 17.7 Å². The highest BCUT2D eigenvalue weighted by molar-refractivity contribution is 6.33. The molecule has 1 aliphatic carbocycles. The number of rotatable bonds is 4. The monoisotopic (exact) mass is 226 g/mol. The molecular formula is C10H10O6. The summed E-state index contributed by atoms with van der Waals surface area (Å²) in [5.74, 6) is -4.19. The van der Waals surface area contributed by atoms with Gasteiger partial charge in [-0.3, -0.25) is 9.59 Å². The van der Waals surface area contributed by atoms with Crippen molar-refractivity contribution in [3.05, 3.63) is 24.3 Å². The fourth-order valence-electron chi connectivity index (χ4n) is 1.34. The fourth-order valence-corrected chi connectivity index (χ4v) is 1.34. The molecule has 0 aromatic heterocycles. The SMILES string of the molecule is O=C(O)C(=O)C[C@]1(C(=O)O)C=C[C@@H](O)C=C1. The molecule has 16 heavy (non-hydrogen) atoms. The number of aliphatic carboxylic acids is 2. The van der Waals surface area contributed by atoms with Crippen LogP contribution in [-0.4, -0.2) is 39.1 Å². The van der Waals surface area contributed by atoms with Crippen molar-refractivity contribution in [2.24, 2.45) is 5.41 Å². The Bertz CT molecular complexity index is 378. The Hall–Kier alpha value is -1.95. The second kappa shape index (κ2) is 4.28. The predicted molar refractivity (Wildman–Crippen MR) is 51.6 cm³/mol. The van der Waals surface area contributed by atoms with Crippen molar-refractivity contribution in [3.8, 4) is 0 Å². The van der Waals surface area contributed by atoms with Gasteiger partial charge >= 0.3 is 11.9 Å². The lowest BCUT2D eigenvalue weighted by atomic mass is 9.79. The molecule has 0 saturated heterocycles. The van der Waals surface area contributed by atoms with Crippen LogP contribution in [0.2, 0.25) is 0 Å². The molecule has 0 aromatic carbocycles. The zero-order valence-corrected chi connectivity index (χ0v) is 8.16. The van der Waals surface area contributed by atoms with Crippen molar-refractivity contribution < 1.29 is 29.7 Å². The Morgan fingerprint density at radius 2 is 1.62 bits per heavy atom. The van der Waals surface area contributed by atoms with Gasteiger partial charge in [0.05, 0.1) is 6.10 Å². The van der Waals surface area contributed by atoms with E-state index in [1.165, 1.54) is 12.2 Å². The van der Waals surface area contributed by atoms with Gasteiger partial charge in [-0.1, -0.05) is 24.3 Å².